The van der Waals surface area contributed by atoms with E-state index in [1.54, 1.807) is 12.0 Å². The molecule has 2 amide bonds. The molecule has 0 spiro atoms. The van der Waals surface area contributed by atoms with Crippen molar-refractivity contribution in [3.05, 3.63) is 36.4 Å². The van der Waals surface area contributed by atoms with Crippen molar-refractivity contribution in [2.75, 3.05) is 18.6 Å². The molecule has 6 nitrogen and oxygen atoms in total. The van der Waals surface area contributed by atoms with Crippen molar-refractivity contribution in [2.24, 2.45) is 5.92 Å². The lowest BCUT2D eigenvalue weighted by atomic mass is 10.1. The highest BCUT2D eigenvalue weighted by atomic mass is 16.5. The number of hydrogen-bond acceptors (Lipinski definition) is 4. The number of nitrogens with one attached hydrogen (secondary N) is 1. The molecule has 138 valence electrons. The number of methoxy groups -OCH3 is 1. The fourth-order valence-corrected chi connectivity index (χ4v) is 3.81. The molecule has 27 heavy (non-hydrogen) atoms. The highest BCUT2D eigenvalue weighted by Crippen LogP contribution is 2.40. The molecule has 5 rings (SSSR count). The molecular weight excluding hydrogens is 344 g/mol. The van der Waals surface area contributed by atoms with Gasteiger partial charge in [0.05, 0.1) is 12.8 Å². The summed E-state index contributed by atoms with van der Waals surface area (Å²) in [7, 11) is 1.59. The Morgan fingerprint density at radius 1 is 1.15 bits per heavy atom. The summed E-state index contributed by atoms with van der Waals surface area (Å²) in [4.78, 5) is 26.9. The molecule has 0 bridgehead atoms. The average molecular weight is 364 g/mol. The Morgan fingerprint density at radius 3 is 2.74 bits per heavy atom. The van der Waals surface area contributed by atoms with Crippen LogP contribution in [0.4, 0.5) is 5.69 Å². The van der Waals surface area contributed by atoms with Crippen LogP contribution in [0.1, 0.15) is 19.3 Å². The number of amides is 2. The molecule has 1 aliphatic carbocycles. The zero-order valence-electron chi connectivity index (χ0n) is 15.0. The van der Waals surface area contributed by atoms with Crippen molar-refractivity contribution >= 4 is 39.4 Å². The number of rotatable bonds is 4. The minimum absolute atomic E-state index is 0.159. The predicted molar refractivity (Wildman–Crippen MR) is 102 cm³/mol. The maximum Gasteiger partial charge on any atom is 0.239 e. The van der Waals surface area contributed by atoms with Crippen LogP contribution in [-0.2, 0) is 9.59 Å². The van der Waals surface area contributed by atoms with Crippen LogP contribution in [0.25, 0.3) is 21.9 Å². The van der Waals surface area contributed by atoms with E-state index in [4.69, 9.17) is 9.15 Å². The van der Waals surface area contributed by atoms with Crippen LogP contribution < -0.4 is 15.0 Å². The van der Waals surface area contributed by atoms with Gasteiger partial charge in [-0.2, -0.15) is 0 Å². The molecule has 2 aliphatic rings. The van der Waals surface area contributed by atoms with Crippen molar-refractivity contribution in [2.45, 2.75) is 25.3 Å². The second-order valence-corrected chi connectivity index (χ2v) is 7.23. The molecule has 0 radical (unpaired) electrons. The second kappa shape index (κ2) is 6.01. The van der Waals surface area contributed by atoms with Crippen LogP contribution in [0.3, 0.4) is 0 Å². The summed E-state index contributed by atoms with van der Waals surface area (Å²) in [5.41, 5.74) is 2.14. The van der Waals surface area contributed by atoms with Gasteiger partial charge in [0.1, 0.15) is 22.8 Å². The van der Waals surface area contributed by atoms with E-state index in [0.717, 1.165) is 29.2 Å². The van der Waals surface area contributed by atoms with E-state index in [0.29, 0.717) is 30.0 Å². The molecule has 1 N–H and O–H groups in total. The van der Waals surface area contributed by atoms with Gasteiger partial charge in [0.25, 0.3) is 0 Å². The summed E-state index contributed by atoms with van der Waals surface area (Å²) in [5, 5.41) is 4.89. The first-order valence-electron chi connectivity index (χ1n) is 9.27. The van der Waals surface area contributed by atoms with Crippen LogP contribution in [0.2, 0.25) is 0 Å². The molecule has 1 atom stereocenters. The maximum atomic E-state index is 12.9. The summed E-state index contributed by atoms with van der Waals surface area (Å²) in [6.45, 7) is 0.490. The molecule has 2 aromatic carbocycles. The lowest BCUT2D eigenvalue weighted by Gasteiger charge is -2.19. The fourth-order valence-electron chi connectivity index (χ4n) is 3.81. The Kier molecular flexibility index (Phi) is 3.60. The van der Waals surface area contributed by atoms with Gasteiger partial charge in [-0.1, -0.05) is 18.2 Å². The summed E-state index contributed by atoms with van der Waals surface area (Å²) in [6.07, 6.45) is 2.53. The topological polar surface area (TPSA) is 71.8 Å². The van der Waals surface area contributed by atoms with Gasteiger partial charge >= 0.3 is 0 Å². The summed E-state index contributed by atoms with van der Waals surface area (Å²) in [6, 6.07) is 11.8. The quantitative estimate of drug-likeness (QED) is 0.722. The third-order valence-electron chi connectivity index (χ3n) is 5.41. The number of anilines is 1. The standard InChI is InChI=1S/C21H20N2O4/c1-26-19-10-15-13-4-2-3-5-17(13)27-18(15)11-16(19)23-9-8-14(21(23)25)20(24)22-12-6-7-12/h2-5,10-12,14H,6-9H2,1H3,(H,22,24). The Balaban J connectivity index is 1.52. The third-order valence-corrected chi connectivity index (χ3v) is 5.41. The van der Waals surface area contributed by atoms with E-state index in [9.17, 15) is 9.59 Å². The SMILES string of the molecule is COc1cc2c(cc1N1CCC(C(=O)NC3CC3)C1=O)oc1ccccc12. The van der Waals surface area contributed by atoms with E-state index >= 15 is 0 Å². The molecule has 1 saturated carbocycles. The Labute approximate surface area is 156 Å². The van der Waals surface area contributed by atoms with Gasteiger partial charge in [0.2, 0.25) is 11.8 Å². The van der Waals surface area contributed by atoms with Crippen LogP contribution in [0, 0.1) is 5.92 Å². The third kappa shape index (κ3) is 2.63. The first kappa shape index (κ1) is 16.2. The van der Waals surface area contributed by atoms with E-state index in [-0.39, 0.29) is 17.9 Å². The number of carbonyl (C=O) groups is 2. The molecule has 2 heterocycles. The largest absolute Gasteiger partial charge is 0.495 e. The monoisotopic (exact) mass is 364 g/mol. The number of para-hydroxylation sites is 1. The second-order valence-electron chi connectivity index (χ2n) is 7.23. The van der Waals surface area contributed by atoms with Gasteiger partial charge in [-0.3, -0.25) is 9.59 Å². The highest BCUT2D eigenvalue weighted by molar-refractivity contribution is 6.12. The number of hydrogen-bond donors (Lipinski definition) is 1. The van der Waals surface area contributed by atoms with Crippen LogP contribution in [0.5, 0.6) is 5.75 Å². The summed E-state index contributed by atoms with van der Waals surface area (Å²) >= 11 is 0. The van der Waals surface area contributed by atoms with Gasteiger partial charge in [0, 0.05) is 29.4 Å². The highest BCUT2D eigenvalue weighted by Gasteiger charge is 2.40. The summed E-state index contributed by atoms with van der Waals surface area (Å²) in [5.74, 6) is -0.358. The van der Waals surface area contributed by atoms with Gasteiger partial charge in [-0.15, -0.1) is 0 Å². The maximum absolute atomic E-state index is 12.9. The molecule has 1 unspecified atom stereocenters. The number of carbonyl (C=O) groups excluding carboxylic acids is 2. The van der Waals surface area contributed by atoms with Crippen LogP contribution >= 0.6 is 0 Å². The number of benzene rings is 2. The Hall–Kier alpha value is -3.02. The zero-order valence-corrected chi connectivity index (χ0v) is 15.0. The van der Waals surface area contributed by atoms with E-state index in [1.165, 1.54) is 0 Å². The van der Waals surface area contributed by atoms with Crippen LogP contribution in [-0.4, -0.2) is 31.5 Å². The normalized spacial score (nSPS) is 19.8. The predicted octanol–water partition coefficient (Wildman–Crippen LogP) is 3.23. The zero-order chi connectivity index (χ0) is 18.5. The van der Waals surface area contributed by atoms with Crippen molar-refractivity contribution in [3.63, 3.8) is 0 Å². The average Bonchev–Trinajstić information content (AvgIpc) is 3.29. The number of fused-ring (bicyclic) bond motifs is 3. The number of furan rings is 1. The van der Waals surface area contributed by atoms with Crippen molar-refractivity contribution in [1.82, 2.24) is 5.32 Å². The van der Waals surface area contributed by atoms with Gasteiger partial charge in [-0.25, -0.2) is 0 Å². The van der Waals surface area contributed by atoms with Gasteiger partial charge < -0.3 is 19.4 Å². The van der Waals surface area contributed by atoms with Crippen molar-refractivity contribution in [3.8, 4) is 5.75 Å². The lowest BCUT2D eigenvalue weighted by molar-refractivity contribution is -0.132. The molecule has 2 fully saturated rings. The number of nitrogens with zero attached hydrogens (tertiary/aromatic N) is 1. The van der Waals surface area contributed by atoms with Crippen molar-refractivity contribution in [1.29, 1.82) is 0 Å². The molecule has 1 aromatic heterocycles. The molecule has 1 aliphatic heterocycles. The Bertz CT molecular complexity index is 1070. The molecule has 3 aromatic rings. The van der Waals surface area contributed by atoms with E-state index < -0.39 is 5.92 Å². The Morgan fingerprint density at radius 2 is 1.96 bits per heavy atom. The summed E-state index contributed by atoms with van der Waals surface area (Å²) < 4.78 is 11.5. The van der Waals surface area contributed by atoms with Gasteiger partial charge in [-0.05, 0) is 31.4 Å². The molecule has 6 heteroatoms. The van der Waals surface area contributed by atoms with E-state index in [1.807, 2.05) is 36.4 Å². The molecular formula is C21H20N2O4. The smallest absolute Gasteiger partial charge is 0.239 e. The minimum Gasteiger partial charge on any atom is -0.495 e. The van der Waals surface area contributed by atoms with Crippen LogP contribution in [0.15, 0.2) is 40.8 Å². The minimum atomic E-state index is -0.623. The van der Waals surface area contributed by atoms with Crippen molar-refractivity contribution < 1.29 is 18.7 Å². The lowest BCUT2D eigenvalue weighted by Crippen LogP contribution is -2.37. The first-order valence-corrected chi connectivity index (χ1v) is 9.27. The first-order chi connectivity index (χ1) is 13.2. The fraction of sp³-hybridized carbons (Fsp3) is 0.333. The van der Waals surface area contributed by atoms with Gasteiger partial charge in [0.15, 0.2) is 0 Å². The molecule has 1 saturated heterocycles. The van der Waals surface area contributed by atoms with E-state index in [2.05, 4.69) is 5.32 Å². The number of ether oxygens (including phenoxy) is 1.